The van der Waals surface area contributed by atoms with E-state index in [0.29, 0.717) is 17.1 Å². The number of ether oxygens (including phenoxy) is 1. The standard InChI is InChI=1S/C22H24N4O3/c1-15-7-4-5-10-18(15)22(28)24-14-19(27)25-20(21-23-11-12-26(21)2)16-8-6-9-17(13-16)29-3/h4-13,20H,14H2,1-3H3,(H,24,28)(H,25,27). The molecule has 1 atom stereocenters. The first-order valence-electron chi connectivity index (χ1n) is 9.24. The van der Waals surface area contributed by atoms with E-state index in [-0.39, 0.29) is 18.4 Å². The molecule has 0 aliphatic heterocycles. The zero-order chi connectivity index (χ0) is 20.8. The van der Waals surface area contributed by atoms with Crippen molar-refractivity contribution in [3.8, 4) is 5.75 Å². The topological polar surface area (TPSA) is 85.2 Å². The maximum Gasteiger partial charge on any atom is 0.251 e. The van der Waals surface area contributed by atoms with Crippen LogP contribution in [0.5, 0.6) is 5.75 Å². The number of nitrogens with zero attached hydrogens (tertiary/aromatic N) is 2. The minimum absolute atomic E-state index is 0.141. The Hall–Kier alpha value is -3.61. The average Bonchev–Trinajstić information content (AvgIpc) is 3.16. The lowest BCUT2D eigenvalue weighted by molar-refractivity contribution is -0.120. The molecule has 0 aliphatic carbocycles. The highest BCUT2D eigenvalue weighted by molar-refractivity contribution is 5.97. The molecule has 2 aromatic carbocycles. The van der Waals surface area contributed by atoms with Crippen LogP contribution >= 0.6 is 0 Å². The molecule has 0 bridgehead atoms. The molecule has 1 unspecified atom stereocenters. The summed E-state index contributed by atoms with van der Waals surface area (Å²) >= 11 is 0. The molecule has 7 nitrogen and oxygen atoms in total. The molecule has 3 aromatic rings. The van der Waals surface area contributed by atoms with E-state index in [9.17, 15) is 9.59 Å². The van der Waals surface area contributed by atoms with Gasteiger partial charge in [-0.1, -0.05) is 30.3 Å². The molecule has 0 fully saturated rings. The Balaban J connectivity index is 1.74. The molecule has 0 aliphatic rings. The Kier molecular flexibility index (Phi) is 6.29. The van der Waals surface area contributed by atoms with E-state index >= 15 is 0 Å². The molecule has 1 aromatic heterocycles. The summed E-state index contributed by atoms with van der Waals surface area (Å²) < 4.78 is 7.14. The summed E-state index contributed by atoms with van der Waals surface area (Å²) in [7, 11) is 3.45. The Morgan fingerprint density at radius 3 is 2.66 bits per heavy atom. The molecule has 2 amide bonds. The van der Waals surface area contributed by atoms with Crippen LogP contribution in [0.1, 0.15) is 33.4 Å². The quantitative estimate of drug-likeness (QED) is 0.646. The Labute approximate surface area is 169 Å². The van der Waals surface area contributed by atoms with Gasteiger partial charge in [0.1, 0.15) is 17.6 Å². The van der Waals surface area contributed by atoms with Gasteiger partial charge >= 0.3 is 0 Å². The fourth-order valence-corrected chi connectivity index (χ4v) is 3.07. The van der Waals surface area contributed by atoms with Gasteiger partial charge in [-0.2, -0.15) is 0 Å². The number of amides is 2. The van der Waals surface area contributed by atoms with Crippen molar-refractivity contribution in [1.82, 2.24) is 20.2 Å². The van der Waals surface area contributed by atoms with E-state index in [0.717, 1.165) is 11.1 Å². The molecule has 0 saturated heterocycles. The van der Waals surface area contributed by atoms with Crippen LogP contribution in [0, 0.1) is 6.92 Å². The van der Waals surface area contributed by atoms with Gasteiger partial charge in [0, 0.05) is 25.0 Å². The monoisotopic (exact) mass is 392 g/mol. The maximum atomic E-state index is 12.6. The van der Waals surface area contributed by atoms with E-state index < -0.39 is 6.04 Å². The van der Waals surface area contributed by atoms with Crippen LogP contribution in [-0.4, -0.2) is 35.0 Å². The number of carbonyl (C=O) groups is 2. The molecule has 0 spiro atoms. The average molecular weight is 392 g/mol. The number of hydrogen-bond acceptors (Lipinski definition) is 4. The largest absolute Gasteiger partial charge is 0.497 e. The van der Waals surface area contributed by atoms with Crippen LogP contribution in [-0.2, 0) is 11.8 Å². The second-order valence-electron chi connectivity index (χ2n) is 6.67. The van der Waals surface area contributed by atoms with Crippen LogP contribution < -0.4 is 15.4 Å². The fourth-order valence-electron chi connectivity index (χ4n) is 3.07. The van der Waals surface area contributed by atoms with Crippen molar-refractivity contribution in [1.29, 1.82) is 0 Å². The van der Waals surface area contributed by atoms with Gasteiger partial charge in [-0.05, 0) is 36.2 Å². The van der Waals surface area contributed by atoms with E-state index in [2.05, 4.69) is 15.6 Å². The molecule has 29 heavy (non-hydrogen) atoms. The van der Waals surface area contributed by atoms with E-state index in [1.54, 1.807) is 25.4 Å². The molecule has 2 N–H and O–H groups in total. The van der Waals surface area contributed by atoms with Gasteiger partial charge in [0.2, 0.25) is 5.91 Å². The number of aryl methyl sites for hydroxylation is 2. The molecule has 3 rings (SSSR count). The predicted octanol–water partition coefficient (Wildman–Crippen LogP) is 2.37. The Morgan fingerprint density at radius 2 is 1.97 bits per heavy atom. The third-order valence-electron chi connectivity index (χ3n) is 4.65. The van der Waals surface area contributed by atoms with E-state index in [1.165, 1.54) is 0 Å². The number of nitrogens with one attached hydrogen (secondary N) is 2. The highest BCUT2D eigenvalue weighted by Gasteiger charge is 2.21. The molecule has 1 heterocycles. The van der Waals surface area contributed by atoms with Gasteiger partial charge < -0.3 is 19.9 Å². The van der Waals surface area contributed by atoms with Crippen molar-refractivity contribution in [3.63, 3.8) is 0 Å². The molecule has 7 heteroatoms. The lowest BCUT2D eigenvalue weighted by Crippen LogP contribution is -2.39. The first-order chi connectivity index (χ1) is 14.0. The number of rotatable bonds is 7. The zero-order valence-corrected chi connectivity index (χ0v) is 16.7. The van der Waals surface area contributed by atoms with Crippen LogP contribution in [0.3, 0.4) is 0 Å². The van der Waals surface area contributed by atoms with Crippen molar-refractivity contribution in [2.75, 3.05) is 13.7 Å². The highest BCUT2D eigenvalue weighted by atomic mass is 16.5. The molecular formula is C22H24N4O3. The minimum atomic E-state index is -0.479. The highest BCUT2D eigenvalue weighted by Crippen LogP contribution is 2.24. The zero-order valence-electron chi connectivity index (χ0n) is 16.7. The summed E-state index contributed by atoms with van der Waals surface area (Å²) in [5, 5.41) is 5.63. The maximum absolute atomic E-state index is 12.6. The fraction of sp³-hybridized carbons (Fsp3) is 0.227. The third kappa shape index (κ3) is 4.82. The van der Waals surface area contributed by atoms with Gasteiger partial charge in [0.05, 0.1) is 13.7 Å². The number of benzene rings is 2. The molecule has 0 radical (unpaired) electrons. The minimum Gasteiger partial charge on any atom is -0.497 e. The van der Waals surface area contributed by atoms with Crippen molar-refractivity contribution in [2.45, 2.75) is 13.0 Å². The van der Waals surface area contributed by atoms with Crippen molar-refractivity contribution < 1.29 is 14.3 Å². The first kappa shape index (κ1) is 20.1. The lowest BCUT2D eigenvalue weighted by Gasteiger charge is -2.20. The number of imidazole rings is 1. The Morgan fingerprint density at radius 1 is 1.17 bits per heavy atom. The SMILES string of the molecule is COc1cccc(C(NC(=O)CNC(=O)c2ccccc2C)c2nccn2C)c1. The van der Waals surface area contributed by atoms with Gasteiger partial charge in [-0.25, -0.2) is 4.98 Å². The summed E-state index contributed by atoms with van der Waals surface area (Å²) in [6.45, 7) is 1.72. The van der Waals surface area contributed by atoms with Crippen molar-refractivity contribution >= 4 is 11.8 Å². The van der Waals surface area contributed by atoms with Crippen LogP contribution in [0.25, 0.3) is 0 Å². The summed E-state index contributed by atoms with van der Waals surface area (Å²) in [6.07, 6.45) is 3.49. The molecule has 150 valence electrons. The van der Waals surface area contributed by atoms with Gasteiger partial charge in [0.25, 0.3) is 5.91 Å². The first-order valence-corrected chi connectivity index (χ1v) is 9.24. The van der Waals surface area contributed by atoms with Gasteiger partial charge in [-0.3, -0.25) is 9.59 Å². The van der Waals surface area contributed by atoms with Crippen molar-refractivity contribution in [3.05, 3.63) is 83.4 Å². The van der Waals surface area contributed by atoms with Crippen LogP contribution in [0.15, 0.2) is 60.9 Å². The summed E-state index contributed by atoms with van der Waals surface area (Å²) in [5.74, 6) is 0.761. The van der Waals surface area contributed by atoms with Crippen LogP contribution in [0.4, 0.5) is 0 Å². The summed E-state index contributed by atoms with van der Waals surface area (Å²) in [6, 6.07) is 14.2. The number of methoxy groups -OCH3 is 1. The van der Waals surface area contributed by atoms with Crippen molar-refractivity contribution in [2.24, 2.45) is 7.05 Å². The molecular weight excluding hydrogens is 368 g/mol. The smallest absolute Gasteiger partial charge is 0.251 e. The van der Waals surface area contributed by atoms with Gasteiger partial charge in [0.15, 0.2) is 0 Å². The third-order valence-corrected chi connectivity index (χ3v) is 4.65. The second-order valence-corrected chi connectivity index (χ2v) is 6.67. The number of carbonyl (C=O) groups excluding carboxylic acids is 2. The van der Waals surface area contributed by atoms with Gasteiger partial charge in [-0.15, -0.1) is 0 Å². The molecule has 0 saturated carbocycles. The summed E-state index contributed by atoms with van der Waals surface area (Å²) in [4.78, 5) is 29.4. The van der Waals surface area contributed by atoms with E-state index in [1.807, 2.05) is 61.1 Å². The van der Waals surface area contributed by atoms with E-state index in [4.69, 9.17) is 4.74 Å². The summed E-state index contributed by atoms with van der Waals surface area (Å²) in [5.41, 5.74) is 2.23. The number of aromatic nitrogens is 2. The normalized spacial score (nSPS) is 11.6. The second kappa shape index (κ2) is 9.05. The Bertz CT molecular complexity index is 1010. The predicted molar refractivity (Wildman–Crippen MR) is 110 cm³/mol. The lowest BCUT2D eigenvalue weighted by atomic mass is 10.1. The number of hydrogen-bond donors (Lipinski definition) is 2. The van der Waals surface area contributed by atoms with Crippen LogP contribution in [0.2, 0.25) is 0 Å².